The topological polar surface area (TPSA) is 14.1 Å². The van der Waals surface area contributed by atoms with Crippen molar-refractivity contribution >= 4 is 11.9 Å². The van der Waals surface area contributed by atoms with E-state index in [0.717, 1.165) is 5.71 Å². The fourth-order valence-electron chi connectivity index (χ4n) is 0.608. The molecule has 1 nitrogen and oxygen atoms in total. The average Bonchev–Trinajstić information content (AvgIpc) is 1.87. The summed E-state index contributed by atoms with van der Waals surface area (Å²) in [7, 11) is 0. The molecule has 1 heteroatoms. The van der Waals surface area contributed by atoms with Crippen molar-refractivity contribution in [3.05, 3.63) is 11.6 Å². The van der Waals surface area contributed by atoms with Gasteiger partial charge in [-0.3, -0.25) is 0 Å². The number of allylic oxidation sites excluding steroid dienone is 2. The lowest BCUT2D eigenvalue weighted by Gasteiger charge is -1.64. The van der Waals surface area contributed by atoms with Gasteiger partial charge in [0.1, 0.15) is 0 Å². The molecule has 7 heavy (non-hydrogen) atoms. The first-order valence-corrected chi connectivity index (χ1v) is 2.35. The van der Waals surface area contributed by atoms with Crippen molar-refractivity contribution in [3.63, 3.8) is 0 Å². The van der Waals surface area contributed by atoms with E-state index < -0.39 is 0 Å². The Bertz CT molecular complexity index is 169. The van der Waals surface area contributed by atoms with Crippen molar-refractivity contribution in [1.29, 1.82) is 0 Å². The van der Waals surface area contributed by atoms with E-state index in [1.165, 1.54) is 5.57 Å². The van der Waals surface area contributed by atoms with Crippen LogP contribution < -0.4 is 4.67 Å². The molecule has 1 heterocycles. The summed E-state index contributed by atoms with van der Waals surface area (Å²) in [6, 6.07) is 0. The standard InChI is InChI=1S/C6H8N/c1-5-3-6(2)7-4-5/h3-4H,1-2H3/q+1. The molecule has 0 aromatic rings. The maximum Gasteiger partial charge on any atom is 0.301 e. The lowest BCUT2D eigenvalue weighted by molar-refractivity contribution is 1.64. The molecular weight excluding hydrogens is 86.1 g/mol. The van der Waals surface area contributed by atoms with Crippen molar-refractivity contribution in [2.45, 2.75) is 13.8 Å². The molecule has 0 saturated carbocycles. The van der Waals surface area contributed by atoms with Crippen molar-refractivity contribution in [3.8, 4) is 0 Å². The Kier molecular flexibility index (Phi) is 0.844. The fourth-order valence-corrected chi connectivity index (χ4v) is 0.608. The van der Waals surface area contributed by atoms with E-state index >= 15 is 0 Å². The zero-order chi connectivity index (χ0) is 5.28. The van der Waals surface area contributed by atoms with E-state index in [0.29, 0.717) is 0 Å². The van der Waals surface area contributed by atoms with Gasteiger partial charge >= 0.3 is 5.71 Å². The van der Waals surface area contributed by atoms with Crippen LogP contribution in [0.4, 0.5) is 0 Å². The van der Waals surface area contributed by atoms with E-state index in [1.807, 2.05) is 20.1 Å². The molecule has 0 bridgehead atoms. The Morgan fingerprint density at radius 1 is 1.43 bits per heavy atom. The first-order valence-electron chi connectivity index (χ1n) is 2.35. The minimum Gasteiger partial charge on any atom is -0.0976 e. The summed E-state index contributed by atoms with van der Waals surface area (Å²) in [5.41, 5.74) is 2.36. The van der Waals surface area contributed by atoms with Crippen molar-refractivity contribution in [2.75, 3.05) is 0 Å². The third kappa shape index (κ3) is 0.787. The van der Waals surface area contributed by atoms with Crippen LogP contribution in [0.15, 0.2) is 11.6 Å². The predicted molar refractivity (Wildman–Crippen MR) is 32.6 cm³/mol. The second-order valence-electron chi connectivity index (χ2n) is 1.79. The van der Waals surface area contributed by atoms with Crippen LogP contribution in [-0.2, 0) is 0 Å². The zero-order valence-corrected chi connectivity index (χ0v) is 4.60. The van der Waals surface area contributed by atoms with E-state index in [4.69, 9.17) is 0 Å². The summed E-state index contributed by atoms with van der Waals surface area (Å²) < 4.78 is 4.02. The maximum absolute atomic E-state index is 4.02. The summed E-state index contributed by atoms with van der Waals surface area (Å²) in [5.74, 6) is 0. The SMILES string of the molecule is CC1=CC(C)=[N+]=C1. The zero-order valence-electron chi connectivity index (χ0n) is 4.60. The summed E-state index contributed by atoms with van der Waals surface area (Å²) in [5, 5.41) is 0. The number of rotatable bonds is 0. The van der Waals surface area contributed by atoms with Crippen molar-refractivity contribution in [2.24, 2.45) is 0 Å². The summed E-state index contributed by atoms with van der Waals surface area (Å²) in [6.07, 6.45) is 3.93. The van der Waals surface area contributed by atoms with Gasteiger partial charge in [-0.15, -0.1) is 0 Å². The Morgan fingerprint density at radius 3 is 2.29 bits per heavy atom. The summed E-state index contributed by atoms with van der Waals surface area (Å²) in [6.45, 7) is 4.03. The third-order valence-corrected chi connectivity index (χ3v) is 0.908. The predicted octanol–water partition coefficient (Wildman–Crippen LogP) is 0.545. The van der Waals surface area contributed by atoms with Gasteiger partial charge in [0.25, 0.3) is 6.21 Å². The van der Waals surface area contributed by atoms with Crippen LogP contribution in [0.3, 0.4) is 0 Å². The fraction of sp³-hybridized carbons (Fsp3) is 0.333. The molecule has 0 unspecified atom stereocenters. The Labute approximate surface area is 43.1 Å². The Hall–Kier alpha value is -0.810. The molecule has 1 aliphatic heterocycles. The summed E-state index contributed by atoms with van der Waals surface area (Å²) >= 11 is 0. The first-order chi connectivity index (χ1) is 3.29. The molecule has 0 aromatic carbocycles. The molecule has 36 valence electrons. The van der Waals surface area contributed by atoms with Crippen LogP contribution >= 0.6 is 0 Å². The normalized spacial score (nSPS) is 16.9. The molecule has 1 rings (SSSR count). The molecule has 0 atom stereocenters. The average molecular weight is 94.1 g/mol. The van der Waals surface area contributed by atoms with Crippen LogP contribution in [0.2, 0.25) is 0 Å². The van der Waals surface area contributed by atoms with Gasteiger partial charge in [0, 0.05) is 18.6 Å². The number of nitrogens with zero attached hydrogens (tertiary/aromatic N) is 1. The van der Waals surface area contributed by atoms with Gasteiger partial charge in [-0.1, -0.05) is 4.67 Å². The van der Waals surface area contributed by atoms with Crippen molar-refractivity contribution in [1.82, 2.24) is 4.67 Å². The highest BCUT2D eigenvalue weighted by Gasteiger charge is 2.03. The molecule has 0 amide bonds. The third-order valence-electron chi connectivity index (χ3n) is 0.908. The molecule has 1 aliphatic rings. The molecular formula is C6H8N+. The Balaban J connectivity index is 2.92. The highest BCUT2D eigenvalue weighted by atomic mass is 14.6. The first kappa shape index (κ1) is 4.35. The minimum absolute atomic E-state index is 1.11. The van der Waals surface area contributed by atoms with Crippen LogP contribution in [0.5, 0.6) is 0 Å². The molecule has 0 fully saturated rings. The Morgan fingerprint density at radius 2 is 2.14 bits per heavy atom. The van der Waals surface area contributed by atoms with Crippen molar-refractivity contribution < 1.29 is 0 Å². The summed E-state index contributed by atoms with van der Waals surface area (Å²) in [4.78, 5) is 0. The second kappa shape index (κ2) is 1.36. The van der Waals surface area contributed by atoms with E-state index in [1.54, 1.807) is 0 Å². The smallest absolute Gasteiger partial charge is 0.0976 e. The van der Waals surface area contributed by atoms with Gasteiger partial charge < -0.3 is 0 Å². The highest BCUT2D eigenvalue weighted by molar-refractivity contribution is 6.03. The van der Waals surface area contributed by atoms with Gasteiger partial charge in [0.05, 0.1) is 0 Å². The van der Waals surface area contributed by atoms with Gasteiger partial charge in [-0.2, -0.15) is 0 Å². The molecule has 0 N–H and O–H groups in total. The van der Waals surface area contributed by atoms with Gasteiger partial charge in [0.2, 0.25) is 0 Å². The van der Waals surface area contributed by atoms with E-state index in [2.05, 4.69) is 10.7 Å². The van der Waals surface area contributed by atoms with Gasteiger partial charge in [0.15, 0.2) is 0 Å². The monoisotopic (exact) mass is 94.1 g/mol. The second-order valence-corrected chi connectivity index (χ2v) is 1.79. The van der Waals surface area contributed by atoms with Crippen LogP contribution in [0.1, 0.15) is 13.8 Å². The van der Waals surface area contributed by atoms with Gasteiger partial charge in [-0.05, 0) is 6.92 Å². The minimum atomic E-state index is 1.11. The molecule has 0 radical (unpaired) electrons. The van der Waals surface area contributed by atoms with E-state index in [9.17, 15) is 0 Å². The molecule has 0 aromatic heterocycles. The number of hydrogen-bond donors (Lipinski definition) is 0. The molecule has 0 spiro atoms. The van der Waals surface area contributed by atoms with Crippen LogP contribution in [-0.4, -0.2) is 11.9 Å². The van der Waals surface area contributed by atoms with Gasteiger partial charge in [-0.25, -0.2) is 0 Å². The largest absolute Gasteiger partial charge is 0.301 e. The molecule has 0 aliphatic carbocycles. The van der Waals surface area contributed by atoms with Crippen LogP contribution in [0, 0.1) is 0 Å². The quantitative estimate of drug-likeness (QED) is 0.389. The highest BCUT2D eigenvalue weighted by Crippen LogP contribution is 1.88. The maximum atomic E-state index is 4.02. The molecule has 0 saturated heterocycles. The lowest BCUT2D eigenvalue weighted by Crippen LogP contribution is -1.80. The van der Waals surface area contributed by atoms with Crippen LogP contribution in [0.25, 0.3) is 0 Å². The number of hydrogen-bond acceptors (Lipinski definition) is 0. The lowest BCUT2D eigenvalue weighted by atomic mass is 10.3. The van der Waals surface area contributed by atoms with E-state index in [-0.39, 0.29) is 0 Å².